The SMILES string of the molecule is COc1ccc(CC[NH2+]C2C3CC4CC(C3)CC2C4)cc1OC. The maximum Gasteiger partial charge on any atom is 0.160 e. The van der Waals surface area contributed by atoms with Gasteiger partial charge in [0.2, 0.25) is 0 Å². The Morgan fingerprint density at radius 3 is 2.17 bits per heavy atom. The van der Waals surface area contributed by atoms with E-state index < -0.39 is 0 Å². The molecule has 0 radical (unpaired) electrons. The summed E-state index contributed by atoms with van der Waals surface area (Å²) in [7, 11) is 3.40. The minimum Gasteiger partial charge on any atom is -0.493 e. The van der Waals surface area contributed by atoms with Crippen LogP contribution in [0.3, 0.4) is 0 Å². The lowest BCUT2D eigenvalue weighted by Gasteiger charge is -2.52. The van der Waals surface area contributed by atoms with E-state index in [9.17, 15) is 0 Å². The van der Waals surface area contributed by atoms with Gasteiger partial charge >= 0.3 is 0 Å². The highest BCUT2D eigenvalue weighted by Crippen LogP contribution is 2.52. The topological polar surface area (TPSA) is 35.1 Å². The number of nitrogens with two attached hydrogens (primary N) is 1. The summed E-state index contributed by atoms with van der Waals surface area (Å²) in [6.07, 6.45) is 8.73. The van der Waals surface area contributed by atoms with Crippen molar-refractivity contribution in [3.63, 3.8) is 0 Å². The molecule has 0 unspecified atom stereocenters. The number of hydrogen-bond donors (Lipinski definition) is 1. The number of benzene rings is 1. The summed E-state index contributed by atoms with van der Waals surface area (Å²) in [4.78, 5) is 0. The van der Waals surface area contributed by atoms with Gasteiger partial charge in [0.05, 0.1) is 26.8 Å². The second-order valence-corrected chi connectivity index (χ2v) is 7.97. The van der Waals surface area contributed by atoms with Crippen LogP contribution in [0.15, 0.2) is 18.2 Å². The lowest BCUT2D eigenvalue weighted by atomic mass is 9.54. The highest BCUT2D eigenvalue weighted by molar-refractivity contribution is 5.42. The fraction of sp³-hybridized carbons (Fsp3) is 0.700. The third-order valence-electron chi connectivity index (χ3n) is 6.62. The predicted octanol–water partition coefficient (Wildman–Crippen LogP) is 2.63. The lowest BCUT2D eigenvalue weighted by molar-refractivity contribution is -0.708. The summed E-state index contributed by atoms with van der Waals surface area (Å²) in [6, 6.07) is 7.23. The maximum absolute atomic E-state index is 5.42. The van der Waals surface area contributed by atoms with Crippen molar-refractivity contribution in [2.45, 2.75) is 44.6 Å². The molecule has 3 nitrogen and oxygen atoms in total. The smallest absolute Gasteiger partial charge is 0.160 e. The van der Waals surface area contributed by atoms with Crippen molar-refractivity contribution >= 4 is 0 Å². The van der Waals surface area contributed by atoms with Crippen LogP contribution in [0.2, 0.25) is 0 Å². The van der Waals surface area contributed by atoms with Gasteiger partial charge in [0.15, 0.2) is 11.5 Å². The van der Waals surface area contributed by atoms with Gasteiger partial charge in [-0.3, -0.25) is 0 Å². The normalized spacial score (nSPS) is 34.6. The van der Waals surface area contributed by atoms with Crippen molar-refractivity contribution in [1.82, 2.24) is 0 Å². The summed E-state index contributed by atoms with van der Waals surface area (Å²) >= 11 is 0. The Balaban J connectivity index is 1.34. The average molecular weight is 316 g/mol. The molecule has 4 aliphatic rings. The van der Waals surface area contributed by atoms with Gasteiger partial charge in [0.1, 0.15) is 0 Å². The summed E-state index contributed by atoms with van der Waals surface area (Å²) in [6.45, 7) is 1.20. The van der Waals surface area contributed by atoms with Crippen molar-refractivity contribution in [3.05, 3.63) is 23.8 Å². The molecule has 23 heavy (non-hydrogen) atoms. The first-order chi connectivity index (χ1) is 11.3. The molecule has 3 heteroatoms. The van der Waals surface area contributed by atoms with E-state index in [0.29, 0.717) is 0 Å². The fourth-order valence-electron chi connectivity index (χ4n) is 5.83. The van der Waals surface area contributed by atoms with E-state index in [4.69, 9.17) is 9.47 Å². The van der Waals surface area contributed by atoms with Crippen molar-refractivity contribution in [3.8, 4) is 11.5 Å². The van der Waals surface area contributed by atoms with Gasteiger partial charge in [-0.1, -0.05) is 6.07 Å². The van der Waals surface area contributed by atoms with Gasteiger partial charge in [-0.15, -0.1) is 0 Å². The molecule has 0 aliphatic heterocycles. The van der Waals surface area contributed by atoms with Crippen LogP contribution in [0.25, 0.3) is 0 Å². The van der Waals surface area contributed by atoms with Gasteiger partial charge in [-0.2, -0.15) is 0 Å². The first kappa shape index (κ1) is 15.3. The van der Waals surface area contributed by atoms with Crippen LogP contribution in [-0.4, -0.2) is 26.8 Å². The molecule has 0 amide bonds. The second-order valence-electron chi connectivity index (χ2n) is 7.97. The number of hydrogen-bond acceptors (Lipinski definition) is 2. The molecule has 0 spiro atoms. The number of methoxy groups -OCH3 is 2. The first-order valence-electron chi connectivity index (χ1n) is 9.31. The molecule has 0 aromatic heterocycles. The summed E-state index contributed by atoms with van der Waals surface area (Å²) < 4.78 is 10.7. The molecule has 5 rings (SSSR count). The fourth-order valence-corrected chi connectivity index (χ4v) is 5.83. The largest absolute Gasteiger partial charge is 0.493 e. The van der Waals surface area contributed by atoms with Gasteiger partial charge in [-0.25, -0.2) is 0 Å². The van der Waals surface area contributed by atoms with Crippen molar-refractivity contribution in [2.24, 2.45) is 23.7 Å². The zero-order valence-electron chi connectivity index (χ0n) is 14.5. The number of ether oxygens (including phenoxy) is 2. The summed E-state index contributed by atoms with van der Waals surface area (Å²) in [5, 5.41) is 2.67. The van der Waals surface area contributed by atoms with Gasteiger partial charge in [0.25, 0.3) is 0 Å². The first-order valence-corrected chi connectivity index (χ1v) is 9.31. The summed E-state index contributed by atoms with van der Waals surface area (Å²) in [5.74, 6) is 5.84. The predicted molar refractivity (Wildman–Crippen MR) is 90.9 cm³/mol. The van der Waals surface area contributed by atoms with Gasteiger partial charge in [0, 0.05) is 18.3 Å². The zero-order chi connectivity index (χ0) is 15.8. The molecular weight excluding hydrogens is 286 g/mol. The second kappa shape index (κ2) is 6.35. The van der Waals surface area contributed by atoms with E-state index in [1.807, 2.05) is 6.07 Å². The Kier molecular flexibility index (Phi) is 4.23. The Labute approximate surface area is 139 Å². The average Bonchev–Trinajstić information content (AvgIpc) is 2.56. The van der Waals surface area contributed by atoms with Crippen molar-refractivity contribution < 1.29 is 14.8 Å². The monoisotopic (exact) mass is 316 g/mol. The molecule has 4 aliphatic carbocycles. The van der Waals surface area contributed by atoms with Crippen LogP contribution in [0, 0.1) is 23.7 Å². The minimum atomic E-state index is 0.821. The molecule has 0 atom stereocenters. The maximum atomic E-state index is 5.42. The quantitative estimate of drug-likeness (QED) is 0.875. The van der Waals surface area contributed by atoms with Crippen LogP contribution in [0.5, 0.6) is 11.5 Å². The highest BCUT2D eigenvalue weighted by Gasteiger charge is 2.49. The summed E-state index contributed by atoms with van der Waals surface area (Å²) in [5.41, 5.74) is 1.35. The van der Waals surface area contributed by atoms with E-state index in [1.54, 1.807) is 20.6 Å². The zero-order valence-corrected chi connectivity index (χ0v) is 14.5. The standard InChI is InChI=1S/C20H29NO2/c1-22-18-4-3-13(12-19(18)23-2)5-6-21-20-16-8-14-7-15(10-16)11-17(20)9-14/h3-4,12,14-17,20-21H,5-11H2,1-2H3/p+1. The molecule has 126 valence electrons. The van der Waals surface area contributed by atoms with Crippen molar-refractivity contribution in [2.75, 3.05) is 20.8 Å². The van der Waals surface area contributed by atoms with Gasteiger partial charge < -0.3 is 14.8 Å². The third-order valence-corrected chi connectivity index (χ3v) is 6.62. The van der Waals surface area contributed by atoms with E-state index >= 15 is 0 Å². The molecule has 4 bridgehead atoms. The minimum absolute atomic E-state index is 0.821. The molecule has 4 saturated carbocycles. The Morgan fingerprint density at radius 1 is 0.913 bits per heavy atom. The van der Waals surface area contributed by atoms with E-state index in [-0.39, 0.29) is 0 Å². The van der Waals surface area contributed by atoms with Crippen LogP contribution in [0.1, 0.15) is 37.7 Å². The van der Waals surface area contributed by atoms with E-state index in [2.05, 4.69) is 17.4 Å². The molecule has 4 fully saturated rings. The Hall–Kier alpha value is -1.22. The number of quaternary nitrogens is 1. The molecule has 1 aromatic carbocycles. The Morgan fingerprint density at radius 2 is 1.57 bits per heavy atom. The molecular formula is C20H30NO2+. The lowest BCUT2D eigenvalue weighted by Crippen LogP contribution is -2.94. The van der Waals surface area contributed by atoms with Gasteiger partial charge in [-0.05, 0) is 61.6 Å². The molecule has 0 heterocycles. The van der Waals surface area contributed by atoms with E-state index in [1.165, 1.54) is 37.8 Å². The van der Waals surface area contributed by atoms with Crippen LogP contribution in [0.4, 0.5) is 0 Å². The molecule has 2 N–H and O–H groups in total. The van der Waals surface area contributed by atoms with E-state index in [0.717, 1.165) is 47.6 Å². The molecule has 0 saturated heterocycles. The highest BCUT2D eigenvalue weighted by atomic mass is 16.5. The van der Waals surface area contributed by atoms with Crippen molar-refractivity contribution in [1.29, 1.82) is 0 Å². The Bertz CT molecular complexity index is 529. The third kappa shape index (κ3) is 2.96. The van der Waals surface area contributed by atoms with Crippen LogP contribution in [-0.2, 0) is 6.42 Å². The molecule has 1 aromatic rings. The van der Waals surface area contributed by atoms with Crippen LogP contribution >= 0.6 is 0 Å². The number of rotatable bonds is 6. The van der Waals surface area contributed by atoms with Crippen LogP contribution < -0.4 is 14.8 Å².